The van der Waals surface area contributed by atoms with E-state index < -0.39 is 10.1 Å². The molecule has 4 aliphatic carbocycles. The largest absolute Gasteiger partial charge is 0.393 e. The monoisotopic (exact) mass is 513 g/mol. The zero-order chi connectivity index (χ0) is 25.6. The van der Waals surface area contributed by atoms with E-state index in [-0.39, 0.29) is 47.7 Å². The first-order chi connectivity index (χ1) is 16.4. The molecule has 0 aromatic carbocycles. The number of nitrogens with one attached hydrogen (secondary N) is 1. The molecule has 0 spiro atoms. The molecule has 4 rings (SSSR count). The summed E-state index contributed by atoms with van der Waals surface area (Å²) < 4.78 is 30.4. The summed E-state index contributed by atoms with van der Waals surface area (Å²) in [6.45, 7) is 7.23. The Bertz CT molecular complexity index is 879. The van der Waals surface area contributed by atoms with Crippen LogP contribution in [0.3, 0.4) is 0 Å². The maximum absolute atomic E-state index is 12.3. The molecule has 7 nitrogen and oxygen atoms in total. The molecule has 0 radical (unpaired) electrons. The third kappa shape index (κ3) is 5.32. The van der Waals surface area contributed by atoms with Crippen molar-refractivity contribution in [3.05, 3.63) is 0 Å². The normalized spacial score (nSPS) is 44.1. The standard InChI is InChI=1S/C27H47NO6S/c1-17(5-10-25(31)28-13-4-14-35(32,33)34)21-8-9-22-20-7-6-18-15-19(29)11-12-26(18,2)23(20)16-24(30)27(21,22)3/h17-24,29-30H,4-16H2,1-3H3,(H,28,31)(H,32,33,34)/t17-,18-,19-,20+,21?,22+,23+,24+,26+,27-/m1/s1. The van der Waals surface area contributed by atoms with E-state index in [1.54, 1.807) is 0 Å². The SMILES string of the molecule is C[C@H](CCC(=O)NCCCS(=O)(=O)O)C1CC[C@H]2[C@@H]3CC[C@@H]4C[C@H](O)CC[C@]4(C)[C@H]3C[C@H](O)[C@]12C. The second kappa shape index (κ2) is 10.2. The van der Waals surface area contributed by atoms with E-state index in [0.29, 0.717) is 41.9 Å². The number of hydrogen-bond donors (Lipinski definition) is 4. The van der Waals surface area contributed by atoms with E-state index in [1.165, 1.54) is 12.8 Å². The van der Waals surface area contributed by atoms with Gasteiger partial charge in [0.25, 0.3) is 10.1 Å². The fourth-order valence-electron chi connectivity index (χ4n) is 9.29. The van der Waals surface area contributed by atoms with Crippen molar-refractivity contribution in [3.63, 3.8) is 0 Å². The van der Waals surface area contributed by atoms with Gasteiger partial charge in [0.05, 0.1) is 18.0 Å². The van der Waals surface area contributed by atoms with Gasteiger partial charge in [0, 0.05) is 13.0 Å². The summed E-state index contributed by atoms with van der Waals surface area (Å²) in [6.07, 6.45) is 9.36. The molecule has 0 saturated heterocycles. The number of hydrogen-bond acceptors (Lipinski definition) is 5. The zero-order valence-electron chi connectivity index (χ0n) is 21.8. The lowest BCUT2D eigenvalue weighted by Gasteiger charge is -2.62. The highest BCUT2D eigenvalue weighted by atomic mass is 32.2. The molecular weight excluding hydrogens is 466 g/mol. The van der Waals surface area contributed by atoms with Crippen LogP contribution in [0.25, 0.3) is 0 Å². The average Bonchev–Trinajstić information content (AvgIpc) is 3.14. The molecule has 0 aliphatic heterocycles. The van der Waals surface area contributed by atoms with Crippen molar-refractivity contribution in [1.82, 2.24) is 5.32 Å². The highest BCUT2D eigenvalue weighted by Gasteiger charge is 2.63. The molecule has 4 saturated carbocycles. The third-order valence-corrected chi connectivity index (χ3v) is 12.0. The number of amides is 1. The predicted molar refractivity (Wildman–Crippen MR) is 135 cm³/mol. The Morgan fingerprint density at radius 3 is 2.51 bits per heavy atom. The molecule has 0 aromatic heterocycles. The molecule has 8 heteroatoms. The lowest BCUT2D eigenvalue weighted by molar-refractivity contribution is -0.174. The fourth-order valence-corrected chi connectivity index (χ4v) is 9.80. The first kappa shape index (κ1) is 27.3. The Kier molecular flexibility index (Phi) is 7.98. The highest BCUT2D eigenvalue weighted by Crippen LogP contribution is 2.68. The van der Waals surface area contributed by atoms with Gasteiger partial charge in [-0.2, -0.15) is 8.42 Å². The lowest BCUT2D eigenvalue weighted by atomic mass is 9.43. The van der Waals surface area contributed by atoms with Crippen molar-refractivity contribution in [2.24, 2.45) is 46.3 Å². The van der Waals surface area contributed by atoms with Crippen LogP contribution in [0.5, 0.6) is 0 Å². The Labute approximate surface area is 211 Å². The van der Waals surface area contributed by atoms with E-state index in [9.17, 15) is 23.4 Å². The quantitative estimate of drug-likeness (QED) is 0.289. The summed E-state index contributed by atoms with van der Waals surface area (Å²) in [5.74, 6) is 2.62. The molecule has 1 unspecified atom stereocenters. The minimum Gasteiger partial charge on any atom is -0.393 e. The Morgan fingerprint density at radius 2 is 1.80 bits per heavy atom. The van der Waals surface area contributed by atoms with Crippen LogP contribution < -0.4 is 5.32 Å². The molecule has 4 N–H and O–H groups in total. The molecule has 202 valence electrons. The van der Waals surface area contributed by atoms with Gasteiger partial charge in [-0.15, -0.1) is 0 Å². The maximum Gasteiger partial charge on any atom is 0.264 e. The molecule has 1 amide bonds. The fraction of sp³-hybridized carbons (Fsp3) is 0.963. The molecule has 10 atom stereocenters. The van der Waals surface area contributed by atoms with Gasteiger partial charge in [-0.1, -0.05) is 20.8 Å². The molecule has 0 aromatic rings. The van der Waals surface area contributed by atoms with Crippen molar-refractivity contribution in [1.29, 1.82) is 0 Å². The van der Waals surface area contributed by atoms with Crippen LogP contribution in [0.4, 0.5) is 0 Å². The van der Waals surface area contributed by atoms with E-state index in [4.69, 9.17) is 4.55 Å². The summed E-state index contributed by atoms with van der Waals surface area (Å²) in [5, 5.41) is 24.7. The van der Waals surface area contributed by atoms with Gasteiger partial charge in [0.15, 0.2) is 0 Å². The van der Waals surface area contributed by atoms with Crippen molar-refractivity contribution in [2.75, 3.05) is 12.3 Å². The summed E-state index contributed by atoms with van der Waals surface area (Å²) in [5.41, 5.74) is 0.130. The van der Waals surface area contributed by atoms with Gasteiger partial charge in [0.2, 0.25) is 5.91 Å². The average molecular weight is 514 g/mol. The van der Waals surface area contributed by atoms with Gasteiger partial charge < -0.3 is 15.5 Å². The molecular formula is C27H47NO6S. The number of aliphatic hydroxyl groups is 2. The zero-order valence-corrected chi connectivity index (χ0v) is 22.6. The number of aliphatic hydroxyl groups excluding tert-OH is 2. The first-order valence-corrected chi connectivity index (χ1v) is 15.5. The van der Waals surface area contributed by atoms with Crippen LogP contribution in [0, 0.1) is 46.3 Å². The van der Waals surface area contributed by atoms with Crippen molar-refractivity contribution >= 4 is 16.0 Å². The van der Waals surface area contributed by atoms with Crippen LogP contribution in [-0.2, 0) is 14.9 Å². The second-order valence-electron chi connectivity index (χ2n) is 12.9. The van der Waals surface area contributed by atoms with E-state index in [0.717, 1.165) is 44.9 Å². The molecule has 35 heavy (non-hydrogen) atoms. The predicted octanol–water partition coefficient (Wildman–Crippen LogP) is 3.79. The van der Waals surface area contributed by atoms with Crippen LogP contribution in [-0.4, -0.2) is 53.6 Å². The number of carbonyl (C=O) groups excluding carboxylic acids is 1. The van der Waals surface area contributed by atoms with Gasteiger partial charge >= 0.3 is 0 Å². The minimum atomic E-state index is -3.99. The van der Waals surface area contributed by atoms with Gasteiger partial charge in [-0.25, -0.2) is 0 Å². The summed E-state index contributed by atoms with van der Waals surface area (Å²) in [7, 11) is -3.99. The first-order valence-electron chi connectivity index (χ1n) is 13.9. The molecule has 4 aliphatic rings. The topological polar surface area (TPSA) is 124 Å². The van der Waals surface area contributed by atoms with Crippen LogP contribution in [0.15, 0.2) is 0 Å². The van der Waals surface area contributed by atoms with Crippen molar-refractivity contribution < 1.29 is 28.0 Å². The summed E-state index contributed by atoms with van der Waals surface area (Å²) in [4.78, 5) is 12.3. The van der Waals surface area contributed by atoms with E-state index in [2.05, 4.69) is 26.1 Å². The van der Waals surface area contributed by atoms with E-state index >= 15 is 0 Å². The van der Waals surface area contributed by atoms with Crippen LogP contribution in [0.2, 0.25) is 0 Å². The van der Waals surface area contributed by atoms with E-state index in [1.807, 2.05) is 0 Å². The number of rotatable bonds is 8. The van der Waals surface area contributed by atoms with Crippen molar-refractivity contribution in [3.8, 4) is 0 Å². The van der Waals surface area contributed by atoms with Gasteiger partial charge in [-0.05, 0) is 111 Å². The Morgan fingerprint density at radius 1 is 1.06 bits per heavy atom. The van der Waals surface area contributed by atoms with Crippen molar-refractivity contribution in [2.45, 2.75) is 104 Å². The van der Waals surface area contributed by atoms with Gasteiger partial charge in [-0.3, -0.25) is 9.35 Å². The summed E-state index contributed by atoms with van der Waals surface area (Å²) in [6, 6.07) is 0. The third-order valence-electron chi connectivity index (χ3n) is 11.2. The number of carbonyl (C=O) groups is 1. The number of fused-ring (bicyclic) bond motifs is 5. The molecule has 4 fully saturated rings. The smallest absolute Gasteiger partial charge is 0.264 e. The Hall–Kier alpha value is -0.700. The Balaban J connectivity index is 1.36. The van der Waals surface area contributed by atoms with Crippen LogP contribution >= 0.6 is 0 Å². The second-order valence-corrected chi connectivity index (χ2v) is 14.5. The summed E-state index contributed by atoms with van der Waals surface area (Å²) >= 11 is 0. The minimum absolute atomic E-state index is 0.0816. The highest BCUT2D eigenvalue weighted by molar-refractivity contribution is 7.85. The van der Waals surface area contributed by atoms with Gasteiger partial charge in [0.1, 0.15) is 0 Å². The molecule has 0 bridgehead atoms. The van der Waals surface area contributed by atoms with Crippen LogP contribution in [0.1, 0.15) is 91.4 Å². The molecule has 0 heterocycles. The maximum atomic E-state index is 12.3. The lowest BCUT2D eigenvalue weighted by Crippen LogP contribution is -2.58.